The summed E-state index contributed by atoms with van der Waals surface area (Å²) in [5, 5.41) is 0. The molecule has 0 fully saturated rings. The predicted octanol–water partition coefficient (Wildman–Crippen LogP) is 6.92. The third-order valence-electron chi connectivity index (χ3n) is 3.04. The Kier molecular flexibility index (Phi) is 20.4. The highest BCUT2D eigenvalue weighted by Gasteiger charge is 2.13. The number of nitrogens with two attached hydrogens (primary N) is 1. The van der Waals surface area contributed by atoms with Gasteiger partial charge in [-0.2, -0.15) is 0 Å². The smallest absolute Gasteiger partial charge is 0.000764 e. The fourth-order valence-corrected chi connectivity index (χ4v) is 1.18. The van der Waals surface area contributed by atoms with Gasteiger partial charge in [0.2, 0.25) is 0 Å². The Bertz CT molecular complexity index is 185. The van der Waals surface area contributed by atoms with Gasteiger partial charge in [-0.3, -0.25) is 0 Å². The van der Waals surface area contributed by atoms with E-state index in [9.17, 15) is 0 Å². The van der Waals surface area contributed by atoms with E-state index in [0.717, 1.165) is 24.5 Å². The third kappa shape index (κ3) is 36.0. The molecule has 0 aliphatic rings. The number of rotatable bonds is 7. The highest BCUT2D eigenvalue weighted by atomic mass is 14.6. The van der Waals surface area contributed by atoms with Crippen molar-refractivity contribution in [1.82, 2.24) is 0 Å². The average Bonchev–Trinajstić information content (AvgIpc) is 2.34. The Balaban J connectivity index is -0.000000246. The van der Waals surface area contributed by atoms with Gasteiger partial charge < -0.3 is 5.73 Å². The van der Waals surface area contributed by atoms with Gasteiger partial charge in [0.15, 0.2) is 0 Å². The minimum atomic E-state index is 0.433. The van der Waals surface area contributed by atoms with Gasteiger partial charge in [-0.25, -0.2) is 0 Å². The first-order valence-corrected chi connectivity index (χ1v) is 8.56. The molecule has 0 saturated carbocycles. The van der Waals surface area contributed by atoms with Crippen LogP contribution >= 0.6 is 0 Å². The predicted molar refractivity (Wildman–Crippen MR) is 97.0 cm³/mol. The van der Waals surface area contributed by atoms with Gasteiger partial charge in [0.25, 0.3) is 0 Å². The SMILES string of the molecule is C=C(N)CCC(C)(C)CC.CC(C)C.CCCCCC. The molecule has 0 bridgehead atoms. The average molecular weight is 286 g/mol. The van der Waals surface area contributed by atoms with Crippen LogP contribution in [0.3, 0.4) is 0 Å². The molecule has 0 aliphatic heterocycles. The number of hydrogen-bond donors (Lipinski definition) is 1. The molecule has 0 radical (unpaired) electrons. The van der Waals surface area contributed by atoms with Gasteiger partial charge in [0.1, 0.15) is 0 Å². The van der Waals surface area contributed by atoms with Crippen LogP contribution in [0.5, 0.6) is 0 Å². The molecule has 0 heterocycles. The normalized spacial score (nSPS) is 10.2. The maximum atomic E-state index is 5.46. The molecule has 0 aliphatic carbocycles. The van der Waals surface area contributed by atoms with Crippen molar-refractivity contribution >= 4 is 0 Å². The minimum absolute atomic E-state index is 0.433. The Morgan fingerprint density at radius 1 is 1.00 bits per heavy atom. The Morgan fingerprint density at radius 2 is 1.35 bits per heavy atom. The van der Waals surface area contributed by atoms with Crippen molar-refractivity contribution in [2.24, 2.45) is 17.1 Å². The van der Waals surface area contributed by atoms with Crippen LogP contribution in [0.4, 0.5) is 0 Å². The summed E-state index contributed by atoms with van der Waals surface area (Å²) < 4.78 is 0. The molecular formula is C19H43N. The second-order valence-electron chi connectivity index (χ2n) is 7.12. The summed E-state index contributed by atoms with van der Waals surface area (Å²) in [4.78, 5) is 0. The zero-order valence-corrected chi connectivity index (χ0v) is 15.8. The molecule has 0 aromatic heterocycles. The van der Waals surface area contributed by atoms with Crippen molar-refractivity contribution in [1.29, 1.82) is 0 Å². The summed E-state index contributed by atoms with van der Waals surface area (Å²) in [7, 11) is 0. The molecule has 0 atom stereocenters. The lowest BCUT2D eigenvalue weighted by Gasteiger charge is -2.21. The summed E-state index contributed by atoms with van der Waals surface area (Å²) in [6, 6.07) is 0. The third-order valence-corrected chi connectivity index (χ3v) is 3.04. The molecule has 0 unspecified atom stereocenters. The summed E-state index contributed by atoms with van der Waals surface area (Å²) in [6.45, 7) is 21.4. The Labute approximate surface area is 130 Å². The zero-order valence-electron chi connectivity index (χ0n) is 15.8. The van der Waals surface area contributed by atoms with Crippen molar-refractivity contribution in [2.45, 2.75) is 100 Å². The monoisotopic (exact) mass is 285 g/mol. The molecule has 0 spiro atoms. The fraction of sp³-hybridized carbons (Fsp3) is 0.895. The van der Waals surface area contributed by atoms with Gasteiger partial charge in [0, 0.05) is 5.70 Å². The molecule has 0 amide bonds. The quantitative estimate of drug-likeness (QED) is 0.504. The van der Waals surface area contributed by atoms with E-state index < -0.39 is 0 Å². The Hall–Kier alpha value is -0.460. The van der Waals surface area contributed by atoms with Crippen LogP contribution in [0.2, 0.25) is 0 Å². The highest BCUT2D eigenvalue weighted by molar-refractivity contribution is 4.87. The largest absolute Gasteiger partial charge is 0.403 e. The number of unbranched alkanes of at least 4 members (excludes halogenated alkanes) is 3. The Morgan fingerprint density at radius 3 is 1.55 bits per heavy atom. The number of allylic oxidation sites excluding steroid dienone is 1. The summed E-state index contributed by atoms with van der Waals surface area (Å²) >= 11 is 0. The van der Waals surface area contributed by atoms with Gasteiger partial charge in [-0.15, -0.1) is 0 Å². The lowest BCUT2D eigenvalue weighted by atomic mass is 9.85. The topological polar surface area (TPSA) is 26.0 Å². The van der Waals surface area contributed by atoms with Crippen LogP contribution < -0.4 is 5.73 Å². The van der Waals surface area contributed by atoms with Crippen LogP contribution in [0.25, 0.3) is 0 Å². The van der Waals surface area contributed by atoms with Crippen molar-refractivity contribution in [3.8, 4) is 0 Å². The molecular weight excluding hydrogens is 242 g/mol. The van der Waals surface area contributed by atoms with E-state index >= 15 is 0 Å². The van der Waals surface area contributed by atoms with Crippen LogP contribution in [0.1, 0.15) is 100 Å². The second kappa shape index (κ2) is 16.6. The first-order valence-electron chi connectivity index (χ1n) is 8.56. The molecule has 20 heavy (non-hydrogen) atoms. The van der Waals surface area contributed by atoms with Gasteiger partial charge in [-0.1, -0.05) is 94.1 Å². The maximum Gasteiger partial charge on any atom is 0.000764 e. The van der Waals surface area contributed by atoms with Crippen LogP contribution in [-0.2, 0) is 0 Å². The van der Waals surface area contributed by atoms with Crippen molar-refractivity contribution in [3.05, 3.63) is 12.3 Å². The molecule has 0 rings (SSSR count). The van der Waals surface area contributed by atoms with E-state index in [2.05, 4.69) is 62.0 Å². The van der Waals surface area contributed by atoms with Gasteiger partial charge in [0.05, 0.1) is 0 Å². The maximum absolute atomic E-state index is 5.46. The lowest BCUT2D eigenvalue weighted by molar-refractivity contribution is 0.322. The van der Waals surface area contributed by atoms with Crippen LogP contribution in [0, 0.1) is 11.3 Å². The molecule has 1 heteroatoms. The van der Waals surface area contributed by atoms with Crippen molar-refractivity contribution < 1.29 is 0 Å². The summed E-state index contributed by atoms with van der Waals surface area (Å²) in [5.74, 6) is 0.833. The molecule has 0 saturated heterocycles. The van der Waals surface area contributed by atoms with Gasteiger partial charge in [-0.05, 0) is 24.2 Å². The lowest BCUT2D eigenvalue weighted by Crippen LogP contribution is -2.10. The van der Waals surface area contributed by atoms with Crippen LogP contribution in [0.15, 0.2) is 12.3 Å². The second-order valence-corrected chi connectivity index (χ2v) is 7.12. The first kappa shape index (κ1) is 24.6. The molecule has 2 N–H and O–H groups in total. The first-order chi connectivity index (χ1) is 9.12. The minimum Gasteiger partial charge on any atom is -0.403 e. The standard InChI is InChI=1S/C9H19N.C6H14.C4H10/c1-5-9(3,4)7-6-8(2)10;1-3-5-6-4-2;1-4(2)3/h2,5-7,10H2,1,3-4H3;3-6H2,1-2H3;4H,1-3H3. The highest BCUT2D eigenvalue weighted by Crippen LogP contribution is 2.26. The van der Waals surface area contributed by atoms with Crippen LogP contribution in [-0.4, -0.2) is 0 Å². The zero-order chi connectivity index (χ0) is 16.6. The van der Waals surface area contributed by atoms with E-state index in [-0.39, 0.29) is 0 Å². The van der Waals surface area contributed by atoms with E-state index in [0.29, 0.717) is 5.41 Å². The summed E-state index contributed by atoms with van der Waals surface area (Å²) in [6.07, 6.45) is 8.86. The van der Waals surface area contributed by atoms with E-state index in [1.807, 2.05) is 0 Å². The van der Waals surface area contributed by atoms with E-state index in [4.69, 9.17) is 5.73 Å². The molecule has 0 aromatic carbocycles. The molecule has 1 nitrogen and oxygen atoms in total. The van der Waals surface area contributed by atoms with E-state index in [1.165, 1.54) is 32.1 Å². The fourth-order valence-electron chi connectivity index (χ4n) is 1.18. The molecule has 124 valence electrons. The molecule has 0 aromatic rings. The van der Waals surface area contributed by atoms with Crippen molar-refractivity contribution in [2.75, 3.05) is 0 Å². The van der Waals surface area contributed by atoms with Crippen molar-refractivity contribution in [3.63, 3.8) is 0 Å². The number of hydrogen-bond acceptors (Lipinski definition) is 1. The van der Waals surface area contributed by atoms with Gasteiger partial charge >= 0.3 is 0 Å². The summed E-state index contributed by atoms with van der Waals surface area (Å²) in [5.41, 5.74) is 6.70. The van der Waals surface area contributed by atoms with E-state index in [1.54, 1.807) is 0 Å².